The van der Waals surface area contributed by atoms with Gasteiger partial charge in [0, 0.05) is 6.42 Å². The van der Waals surface area contributed by atoms with Crippen LogP contribution in [-0.4, -0.2) is 16.7 Å². The first-order chi connectivity index (χ1) is 8.24. The van der Waals surface area contributed by atoms with E-state index in [2.05, 4.69) is 15.5 Å². The van der Waals surface area contributed by atoms with Crippen molar-refractivity contribution in [1.82, 2.24) is 15.5 Å². The van der Waals surface area contributed by atoms with Gasteiger partial charge in [-0.15, -0.1) is 10.2 Å². The fourth-order valence-electron chi connectivity index (χ4n) is 1.59. The smallest absolute Gasteiger partial charge is 0.283 e. The minimum Gasteiger partial charge on any atom is -0.456 e. The van der Waals surface area contributed by atoms with Crippen molar-refractivity contribution in [1.29, 1.82) is 0 Å². The van der Waals surface area contributed by atoms with Crippen molar-refractivity contribution in [2.24, 2.45) is 0 Å². The van der Waals surface area contributed by atoms with Gasteiger partial charge in [0.1, 0.15) is 5.76 Å². The summed E-state index contributed by atoms with van der Waals surface area (Å²) in [6.07, 6.45) is 0.856. The van der Waals surface area contributed by atoms with Crippen LogP contribution in [0.25, 0.3) is 11.7 Å². The SMILES string of the molecule is CCNC(C)c1nnc(-c2ccc(CC)o2)o1. The maximum absolute atomic E-state index is 5.56. The molecule has 0 radical (unpaired) electrons. The Balaban J connectivity index is 2.17. The summed E-state index contributed by atoms with van der Waals surface area (Å²) < 4.78 is 11.1. The number of hydrogen-bond acceptors (Lipinski definition) is 5. The Morgan fingerprint density at radius 1 is 1.24 bits per heavy atom. The lowest BCUT2D eigenvalue weighted by Gasteiger charge is -2.05. The van der Waals surface area contributed by atoms with Gasteiger partial charge in [-0.05, 0) is 25.6 Å². The predicted octanol–water partition coefficient (Wildman–Crippen LogP) is 2.56. The van der Waals surface area contributed by atoms with Gasteiger partial charge in [0.15, 0.2) is 5.76 Å². The monoisotopic (exact) mass is 235 g/mol. The Kier molecular flexibility index (Phi) is 3.58. The molecule has 17 heavy (non-hydrogen) atoms. The fourth-order valence-corrected chi connectivity index (χ4v) is 1.59. The molecule has 1 N–H and O–H groups in total. The standard InChI is InChI=1S/C12H17N3O2/c1-4-9-6-7-10(16-9)12-15-14-11(17-12)8(3)13-5-2/h6-8,13H,4-5H2,1-3H3. The molecule has 1 atom stereocenters. The number of rotatable bonds is 5. The highest BCUT2D eigenvalue weighted by molar-refractivity contribution is 5.43. The first-order valence-corrected chi connectivity index (χ1v) is 5.90. The predicted molar refractivity (Wildman–Crippen MR) is 63.5 cm³/mol. The van der Waals surface area contributed by atoms with Gasteiger partial charge >= 0.3 is 0 Å². The van der Waals surface area contributed by atoms with Crippen LogP contribution in [0.3, 0.4) is 0 Å². The average molecular weight is 235 g/mol. The molecule has 2 aromatic rings. The van der Waals surface area contributed by atoms with Crippen molar-refractivity contribution in [3.05, 3.63) is 23.8 Å². The average Bonchev–Trinajstić information content (AvgIpc) is 2.98. The molecule has 5 nitrogen and oxygen atoms in total. The van der Waals surface area contributed by atoms with E-state index < -0.39 is 0 Å². The summed E-state index contributed by atoms with van der Waals surface area (Å²) in [7, 11) is 0. The van der Waals surface area contributed by atoms with Gasteiger partial charge in [0.05, 0.1) is 6.04 Å². The number of aromatic nitrogens is 2. The molecule has 0 bridgehead atoms. The summed E-state index contributed by atoms with van der Waals surface area (Å²) >= 11 is 0. The van der Waals surface area contributed by atoms with Crippen LogP contribution in [0, 0.1) is 0 Å². The number of aryl methyl sites for hydroxylation is 1. The second kappa shape index (κ2) is 5.14. The molecule has 5 heteroatoms. The van der Waals surface area contributed by atoms with Crippen molar-refractivity contribution in [3.63, 3.8) is 0 Å². The summed E-state index contributed by atoms with van der Waals surface area (Å²) in [6.45, 7) is 6.92. The van der Waals surface area contributed by atoms with Crippen molar-refractivity contribution in [2.45, 2.75) is 33.2 Å². The molecular weight excluding hydrogens is 218 g/mol. The first-order valence-electron chi connectivity index (χ1n) is 5.90. The van der Waals surface area contributed by atoms with Crippen molar-refractivity contribution in [3.8, 4) is 11.7 Å². The van der Waals surface area contributed by atoms with Gasteiger partial charge in [-0.25, -0.2) is 0 Å². The van der Waals surface area contributed by atoms with Gasteiger partial charge < -0.3 is 14.2 Å². The fraction of sp³-hybridized carbons (Fsp3) is 0.500. The molecule has 0 amide bonds. The molecule has 0 aliphatic heterocycles. The van der Waals surface area contributed by atoms with E-state index in [1.807, 2.05) is 32.9 Å². The third-order valence-electron chi connectivity index (χ3n) is 2.54. The molecule has 92 valence electrons. The van der Waals surface area contributed by atoms with Crippen LogP contribution in [0.1, 0.15) is 38.5 Å². The van der Waals surface area contributed by atoms with E-state index in [-0.39, 0.29) is 6.04 Å². The summed E-state index contributed by atoms with van der Waals surface area (Å²) in [5.41, 5.74) is 0. The molecule has 0 aromatic carbocycles. The second-order valence-electron chi connectivity index (χ2n) is 3.84. The van der Waals surface area contributed by atoms with Gasteiger partial charge in [-0.3, -0.25) is 0 Å². The van der Waals surface area contributed by atoms with E-state index in [1.165, 1.54) is 0 Å². The number of nitrogens with one attached hydrogen (secondary N) is 1. The van der Waals surface area contributed by atoms with Crippen LogP contribution in [-0.2, 0) is 6.42 Å². The van der Waals surface area contributed by atoms with Crippen LogP contribution in [0.2, 0.25) is 0 Å². The minimum atomic E-state index is 0.0573. The van der Waals surface area contributed by atoms with Gasteiger partial charge in [-0.2, -0.15) is 0 Å². The van der Waals surface area contributed by atoms with E-state index in [0.29, 0.717) is 17.5 Å². The lowest BCUT2D eigenvalue weighted by atomic mass is 10.3. The molecule has 0 saturated carbocycles. The van der Waals surface area contributed by atoms with Gasteiger partial charge in [0.25, 0.3) is 5.89 Å². The number of nitrogens with zero attached hydrogens (tertiary/aromatic N) is 2. The van der Waals surface area contributed by atoms with Crippen molar-refractivity contribution >= 4 is 0 Å². The lowest BCUT2D eigenvalue weighted by Crippen LogP contribution is -2.17. The maximum atomic E-state index is 5.56. The number of furan rings is 1. The number of hydrogen-bond donors (Lipinski definition) is 1. The van der Waals surface area contributed by atoms with Gasteiger partial charge in [-0.1, -0.05) is 13.8 Å². The van der Waals surface area contributed by atoms with E-state index in [1.54, 1.807) is 0 Å². The van der Waals surface area contributed by atoms with Crippen LogP contribution in [0.4, 0.5) is 0 Å². The zero-order valence-corrected chi connectivity index (χ0v) is 10.4. The third kappa shape index (κ3) is 2.55. The highest BCUT2D eigenvalue weighted by atomic mass is 16.4. The molecular formula is C12H17N3O2. The molecule has 0 fully saturated rings. The van der Waals surface area contributed by atoms with Crippen LogP contribution in [0.15, 0.2) is 21.0 Å². The normalized spacial score (nSPS) is 12.9. The highest BCUT2D eigenvalue weighted by Crippen LogP contribution is 2.22. The Bertz CT molecular complexity index is 476. The molecule has 1 unspecified atom stereocenters. The Morgan fingerprint density at radius 3 is 2.71 bits per heavy atom. The van der Waals surface area contributed by atoms with Crippen molar-refractivity contribution < 1.29 is 8.83 Å². The lowest BCUT2D eigenvalue weighted by molar-refractivity contribution is 0.417. The molecule has 2 rings (SSSR count). The maximum Gasteiger partial charge on any atom is 0.283 e. The largest absolute Gasteiger partial charge is 0.456 e. The Labute approximate surface area is 100 Å². The second-order valence-corrected chi connectivity index (χ2v) is 3.84. The van der Waals surface area contributed by atoms with E-state index in [9.17, 15) is 0 Å². The first kappa shape index (κ1) is 11.9. The molecule has 0 saturated heterocycles. The summed E-state index contributed by atoms with van der Waals surface area (Å²) in [4.78, 5) is 0. The molecule has 0 aliphatic carbocycles. The molecule has 0 aliphatic rings. The minimum absolute atomic E-state index is 0.0573. The van der Waals surface area contributed by atoms with Crippen molar-refractivity contribution in [2.75, 3.05) is 6.54 Å². The molecule has 0 spiro atoms. The van der Waals surface area contributed by atoms with Crippen LogP contribution >= 0.6 is 0 Å². The summed E-state index contributed by atoms with van der Waals surface area (Å²) in [5, 5.41) is 11.2. The zero-order valence-electron chi connectivity index (χ0n) is 10.4. The Morgan fingerprint density at radius 2 is 2.06 bits per heavy atom. The highest BCUT2D eigenvalue weighted by Gasteiger charge is 2.16. The topological polar surface area (TPSA) is 64.1 Å². The summed E-state index contributed by atoms with van der Waals surface area (Å²) in [5.74, 6) is 2.56. The quantitative estimate of drug-likeness (QED) is 0.862. The zero-order chi connectivity index (χ0) is 12.3. The third-order valence-corrected chi connectivity index (χ3v) is 2.54. The van der Waals surface area contributed by atoms with E-state index in [4.69, 9.17) is 8.83 Å². The van der Waals surface area contributed by atoms with Crippen LogP contribution < -0.4 is 5.32 Å². The molecule has 2 aromatic heterocycles. The van der Waals surface area contributed by atoms with Gasteiger partial charge in [0.2, 0.25) is 5.89 Å². The van der Waals surface area contributed by atoms with E-state index >= 15 is 0 Å². The van der Waals surface area contributed by atoms with Crippen LogP contribution in [0.5, 0.6) is 0 Å². The van der Waals surface area contributed by atoms with E-state index in [0.717, 1.165) is 18.7 Å². The summed E-state index contributed by atoms with van der Waals surface area (Å²) in [6, 6.07) is 3.84. The Hall–Kier alpha value is -1.62. The molecule has 2 heterocycles.